The summed E-state index contributed by atoms with van der Waals surface area (Å²) in [5.41, 5.74) is 0.0932. The average Bonchev–Trinajstić information content (AvgIpc) is 2.65. The third-order valence-electron chi connectivity index (χ3n) is 6.81. The summed E-state index contributed by atoms with van der Waals surface area (Å²) in [7, 11) is -0.302. The first-order valence-corrected chi connectivity index (χ1v) is 8.87. The molecule has 5 rings (SSSR count). The van der Waals surface area contributed by atoms with Gasteiger partial charge in [0.1, 0.15) is 0 Å². The van der Waals surface area contributed by atoms with Crippen molar-refractivity contribution in [3.8, 4) is 6.07 Å². The van der Waals surface area contributed by atoms with Crippen molar-refractivity contribution in [1.82, 2.24) is 4.90 Å². The van der Waals surface area contributed by atoms with Gasteiger partial charge >= 0.3 is 7.12 Å². The molecule has 3 saturated carbocycles. The van der Waals surface area contributed by atoms with Crippen molar-refractivity contribution in [1.29, 1.82) is 5.26 Å². The highest BCUT2D eigenvalue weighted by atomic mass is 16.7. The van der Waals surface area contributed by atoms with Gasteiger partial charge in [0.05, 0.1) is 28.1 Å². The third-order valence-corrected chi connectivity index (χ3v) is 6.81. The van der Waals surface area contributed by atoms with E-state index in [9.17, 15) is 4.79 Å². The Bertz CT molecular complexity index is 640. The van der Waals surface area contributed by atoms with Gasteiger partial charge in [-0.3, -0.25) is 4.79 Å². The molecule has 5 nitrogen and oxygen atoms in total. The minimum Gasteiger partial charge on any atom is -0.400 e. The largest absolute Gasteiger partial charge is 0.490 e. The summed E-state index contributed by atoms with van der Waals surface area (Å²) in [4.78, 5) is 14.7. The van der Waals surface area contributed by atoms with E-state index in [1.807, 2.05) is 4.90 Å². The van der Waals surface area contributed by atoms with E-state index in [1.165, 1.54) is 0 Å². The predicted octanol–water partition coefficient (Wildman–Crippen LogP) is 2.47. The van der Waals surface area contributed by atoms with E-state index in [0.717, 1.165) is 37.7 Å². The van der Waals surface area contributed by atoms with Gasteiger partial charge in [0, 0.05) is 13.1 Å². The second-order valence-corrected chi connectivity index (χ2v) is 9.07. The summed E-state index contributed by atoms with van der Waals surface area (Å²) in [5.74, 6) is 0.240. The molecule has 1 saturated heterocycles. The maximum Gasteiger partial charge on any atom is 0.490 e. The number of carbonyl (C=O) groups is 1. The van der Waals surface area contributed by atoms with Crippen LogP contribution in [0.1, 0.15) is 53.4 Å². The Kier molecular flexibility index (Phi) is 3.13. The zero-order valence-corrected chi connectivity index (χ0v) is 15.0. The second-order valence-electron chi connectivity index (χ2n) is 9.07. The number of hydrogen-bond acceptors (Lipinski definition) is 4. The molecule has 2 heterocycles. The van der Waals surface area contributed by atoms with Crippen LogP contribution in [0.2, 0.25) is 0 Å². The fourth-order valence-electron chi connectivity index (χ4n) is 4.55. The van der Waals surface area contributed by atoms with E-state index < -0.39 is 0 Å². The van der Waals surface area contributed by atoms with Crippen molar-refractivity contribution in [3.63, 3.8) is 0 Å². The third kappa shape index (κ3) is 2.04. The molecule has 0 unspecified atom stereocenters. The van der Waals surface area contributed by atoms with E-state index >= 15 is 0 Å². The van der Waals surface area contributed by atoms with Gasteiger partial charge < -0.3 is 14.2 Å². The number of rotatable bonds is 2. The fourth-order valence-corrected chi connectivity index (χ4v) is 4.55. The minimum atomic E-state index is -0.330. The monoisotopic (exact) mass is 328 g/mol. The van der Waals surface area contributed by atoms with Crippen LogP contribution in [0.4, 0.5) is 0 Å². The maximum absolute atomic E-state index is 12.8. The molecule has 3 aliphatic carbocycles. The van der Waals surface area contributed by atoms with E-state index in [4.69, 9.17) is 14.6 Å². The normalized spacial score (nSPS) is 38.7. The van der Waals surface area contributed by atoms with Crippen LogP contribution in [0, 0.1) is 22.2 Å². The number of carbonyl (C=O) groups excluding carboxylic acids is 1. The lowest BCUT2D eigenvalue weighted by molar-refractivity contribution is -0.195. The van der Waals surface area contributed by atoms with Gasteiger partial charge in [0.15, 0.2) is 0 Å². The van der Waals surface area contributed by atoms with Crippen LogP contribution in [-0.4, -0.2) is 42.2 Å². The maximum atomic E-state index is 12.8. The van der Waals surface area contributed by atoms with Crippen molar-refractivity contribution in [2.24, 2.45) is 10.8 Å². The smallest absolute Gasteiger partial charge is 0.400 e. The molecule has 0 spiro atoms. The molecule has 2 aliphatic heterocycles. The molecule has 1 amide bonds. The quantitative estimate of drug-likeness (QED) is 0.731. The molecule has 2 bridgehead atoms. The van der Waals surface area contributed by atoms with Crippen molar-refractivity contribution >= 4 is 13.0 Å². The molecule has 0 aromatic heterocycles. The van der Waals surface area contributed by atoms with Gasteiger partial charge in [-0.05, 0) is 58.9 Å². The molecule has 0 aromatic rings. The van der Waals surface area contributed by atoms with Gasteiger partial charge in [-0.15, -0.1) is 0 Å². The lowest BCUT2D eigenvalue weighted by atomic mass is 9.35. The summed E-state index contributed by atoms with van der Waals surface area (Å²) >= 11 is 0. The Balaban J connectivity index is 1.39. The molecule has 0 N–H and O–H groups in total. The highest BCUT2D eigenvalue weighted by Crippen LogP contribution is 2.73. The molecular formula is C18H25BN2O3. The number of amides is 1. The van der Waals surface area contributed by atoms with Crippen molar-refractivity contribution in [3.05, 3.63) is 11.5 Å². The second kappa shape index (κ2) is 4.65. The first-order valence-electron chi connectivity index (χ1n) is 8.87. The molecule has 6 heteroatoms. The van der Waals surface area contributed by atoms with E-state index in [-0.39, 0.29) is 35.1 Å². The van der Waals surface area contributed by atoms with Gasteiger partial charge in [-0.25, -0.2) is 0 Å². The van der Waals surface area contributed by atoms with Crippen molar-refractivity contribution in [2.45, 2.75) is 64.6 Å². The van der Waals surface area contributed by atoms with E-state index in [0.29, 0.717) is 6.54 Å². The van der Waals surface area contributed by atoms with Gasteiger partial charge in [0.25, 0.3) is 0 Å². The van der Waals surface area contributed by atoms with Gasteiger partial charge in [-0.2, -0.15) is 5.26 Å². The van der Waals surface area contributed by atoms with Crippen LogP contribution in [-0.2, 0) is 14.1 Å². The van der Waals surface area contributed by atoms with Gasteiger partial charge in [-0.1, -0.05) is 6.08 Å². The Morgan fingerprint density at radius 1 is 1.21 bits per heavy atom. The summed E-state index contributed by atoms with van der Waals surface area (Å²) < 4.78 is 12.2. The SMILES string of the molecule is CC1(C)OB(C2=CCN(C(=O)C34CC(C#N)(C3)C4)CC2)OC1(C)C. The zero-order valence-electron chi connectivity index (χ0n) is 15.0. The highest BCUT2D eigenvalue weighted by molar-refractivity contribution is 6.54. The first-order chi connectivity index (χ1) is 11.1. The summed E-state index contributed by atoms with van der Waals surface area (Å²) in [6.45, 7) is 9.57. The molecule has 4 fully saturated rings. The van der Waals surface area contributed by atoms with Crippen LogP contribution < -0.4 is 0 Å². The van der Waals surface area contributed by atoms with Crippen molar-refractivity contribution < 1.29 is 14.1 Å². The molecule has 0 atom stereocenters. The zero-order chi connectivity index (χ0) is 17.4. The molecule has 24 heavy (non-hydrogen) atoms. The van der Waals surface area contributed by atoms with Gasteiger partial charge in [0.2, 0.25) is 5.91 Å². The Hall–Kier alpha value is -1.32. The molecule has 0 aromatic carbocycles. The van der Waals surface area contributed by atoms with Crippen LogP contribution in [0.15, 0.2) is 11.5 Å². The predicted molar refractivity (Wildman–Crippen MR) is 89.7 cm³/mol. The summed E-state index contributed by atoms with van der Waals surface area (Å²) in [6, 6.07) is 2.37. The van der Waals surface area contributed by atoms with Crippen LogP contribution in [0.3, 0.4) is 0 Å². The van der Waals surface area contributed by atoms with Crippen LogP contribution >= 0.6 is 0 Å². The highest BCUT2D eigenvalue weighted by Gasteiger charge is 2.72. The van der Waals surface area contributed by atoms with E-state index in [2.05, 4.69) is 39.8 Å². The number of hydrogen-bond donors (Lipinski definition) is 0. The number of nitrogens with zero attached hydrogens (tertiary/aromatic N) is 2. The molecule has 128 valence electrons. The Labute approximate surface area is 144 Å². The minimum absolute atomic E-state index is 0.171. The topological polar surface area (TPSA) is 62.6 Å². The first kappa shape index (κ1) is 16.2. The lowest BCUT2D eigenvalue weighted by Gasteiger charge is -2.66. The lowest BCUT2D eigenvalue weighted by Crippen LogP contribution is -2.67. The summed E-state index contributed by atoms with van der Waals surface area (Å²) in [5, 5.41) is 9.12. The summed E-state index contributed by atoms with van der Waals surface area (Å²) in [6.07, 6.45) is 5.18. The molecule has 0 radical (unpaired) electrons. The Morgan fingerprint density at radius 3 is 2.25 bits per heavy atom. The van der Waals surface area contributed by atoms with Crippen LogP contribution in [0.5, 0.6) is 0 Å². The standard InChI is InChI=1S/C18H25BN2O3/c1-15(2)16(3,4)24-19(23-15)13-5-7-21(8-6-13)14(22)18-9-17(10-18,11-18)12-20/h5H,6-11H2,1-4H3. The molecular weight excluding hydrogens is 303 g/mol. The average molecular weight is 328 g/mol. The fraction of sp³-hybridized carbons (Fsp3) is 0.778. The number of nitriles is 1. The Morgan fingerprint density at radius 2 is 1.79 bits per heavy atom. The van der Waals surface area contributed by atoms with E-state index in [1.54, 1.807) is 0 Å². The van der Waals surface area contributed by atoms with Crippen LogP contribution in [0.25, 0.3) is 0 Å². The van der Waals surface area contributed by atoms with Crippen molar-refractivity contribution in [2.75, 3.05) is 13.1 Å². The molecule has 5 aliphatic rings.